The minimum absolute atomic E-state index is 0.0812. The van der Waals surface area contributed by atoms with Gasteiger partial charge in [0.2, 0.25) is 21.8 Å². The van der Waals surface area contributed by atoms with Crippen LogP contribution in [0.2, 0.25) is 10.0 Å². The van der Waals surface area contributed by atoms with Gasteiger partial charge in [0.1, 0.15) is 18.3 Å². The number of nitrogens with one attached hydrogen (secondary N) is 1. The van der Waals surface area contributed by atoms with Crippen LogP contribution in [-0.2, 0) is 26.2 Å². The fraction of sp³-hybridized carbons (Fsp3) is 0.440. The molecule has 0 aliphatic carbocycles. The summed E-state index contributed by atoms with van der Waals surface area (Å²) in [5, 5.41) is 3.75. The lowest BCUT2D eigenvalue weighted by Crippen LogP contribution is -2.53. The largest absolute Gasteiger partial charge is 0.495 e. The van der Waals surface area contributed by atoms with E-state index in [2.05, 4.69) is 5.32 Å². The van der Waals surface area contributed by atoms with Crippen molar-refractivity contribution < 1.29 is 22.7 Å². The summed E-state index contributed by atoms with van der Waals surface area (Å²) in [4.78, 5) is 28.3. The lowest BCUT2D eigenvalue weighted by atomic mass is 10.1. The van der Waals surface area contributed by atoms with E-state index in [0.717, 1.165) is 22.5 Å². The van der Waals surface area contributed by atoms with Gasteiger partial charge in [-0.2, -0.15) is 0 Å². The minimum atomic E-state index is -3.92. The van der Waals surface area contributed by atoms with Gasteiger partial charge in [-0.25, -0.2) is 8.42 Å². The molecule has 0 aliphatic rings. The van der Waals surface area contributed by atoms with Crippen molar-refractivity contribution in [2.24, 2.45) is 0 Å². The lowest BCUT2D eigenvalue weighted by molar-refractivity contribution is -0.140. The zero-order valence-electron chi connectivity index (χ0n) is 21.1. The summed E-state index contributed by atoms with van der Waals surface area (Å²) >= 11 is 12.1. The molecule has 0 saturated heterocycles. The van der Waals surface area contributed by atoms with Gasteiger partial charge in [0.05, 0.1) is 19.1 Å². The fourth-order valence-electron chi connectivity index (χ4n) is 3.60. The molecular weight excluding hydrogens is 525 g/mol. The zero-order chi connectivity index (χ0) is 27.0. The van der Waals surface area contributed by atoms with E-state index in [1.54, 1.807) is 37.3 Å². The molecule has 1 N–H and O–H groups in total. The number of carbonyl (C=O) groups is 2. The first-order valence-corrected chi connectivity index (χ1v) is 14.2. The molecule has 36 heavy (non-hydrogen) atoms. The van der Waals surface area contributed by atoms with Crippen molar-refractivity contribution in [3.05, 3.63) is 58.1 Å². The monoisotopic (exact) mass is 557 g/mol. The van der Waals surface area contributed by atoms with Gasteiger partial charge >= 0.3 is 0 Å². The Hall–Kier alpha value is -2.49. The number of methoxy groups -OCH3 is 1. The van der Waals surface area contributed by atoms with Crippen molar-refractivity contribution in [3.8, 4) is 5.75 Å². The maximum absolute atomic E-state index is 13.7. The Kier molecular flexibility index (Phi) is 10.9. The van der Waals surface area contributed by atoms with E-state index in [1.165, 1.54) is 24.1 Å². The van der Waals surface area contributed by atoms with Crippen molar-refractivity contribution in [2.75, 3.05) is 24.2 Å². The van der Waals surface area contributed by atoms with Crippen molar-refractivity contribution in [3.63, 3.8) is 0 Å². The smallest absolute Gasteiger partial charge is 0.244 e. The van der Waals surface area contributed by atoms with Gasteiger partial charge in [-0.15, -0.1) is 0 Å². The molecule has 0 aromatic heterocycles. The first-order chi connectivity index (χ1) is 16.9. The molecule has 0 unspecified atom stereocenters. The third-order valence-electron chi connectivity index (χ3n) is 5.74. The van der Waals surface area contributed by atoms with Crippen molar-refractivity contribution in [1.82, 2.24) is 10.2 Å². The predicted octanol–water partition coefficient (Wildman–Crippen LogP) is 4.49. The molecule has 0 radical (unpaired) electrons. The molecule has 0 fully saturated rings. The average Bonchev–Trinajstić information content (AvgIpc) is 2.82. The van der Waals surface area contributed by atoms with Crippen molar-refractivity contribution >= 4 is 50.7 Å². The average molecular weight is 559 g/mol. The first-order valence-electron chi connectivity index (χ1n) is 11.6. The first kappa shape index (κ1) is 29.7. The van der Waals surface area contributed by atoms with Gasteiger partial charge in [0.25, 0.3) is 0 Å². The number of hydrogen-bond donors (Lipinski definition) is 1. The molecule has 8 nitrogen and oxygen atoms in total. The Morgan fingerprint density at radius 3 is 2.17 bits per heavy atom. The van der Waals surface area contributed by atoms with Crippen LogP contribution in [0.3, 0.4) is 0 Å². The number of nitrogens with zero attached hydrogens (tertiary/aromatic N) is 2. The highest BCUT2D eigenvalue weighted by Crippen LogP contribution is 2.33. The number of hydrogen-bond acceptors (Lipinski definition) is 5. The number of ether oxygens (including phenoxy) is 1. The van der Waals surface area contributed by atoms with E-state index < -0.39 is 28.5 Å². The number of benzene rings is 2. The van der Waals surface area contributed by atoms with Gasteiger partial charge in [-0.05, 0) is 55.7 Å². The predicted molar refractivity (Wildman–Crippen MR) is 144 cm³/mol. The molecular formula is C25H33Cl2N3O5S. The van der Waals surface area contributed by atoms with Crippen LogP contribution in [0.1, 0.15) is 39.2 Å². The van der Waals surface area contributed by atoms with E-state index in [-0.39, 0.29) is 35.0 Å². The molecule has 2 atom stereocenters. The topological polar surface area (TPSA) is 96.0 Å². The van der Waals surface area contributed by atoms with Crippen LogP contribution in [0, 0.1) is 0 Å². The molecule has 2 aromatic rings. The molecule has 2 aromatic carbocycles. The second kappa shape index (κ2) is 13.2. The number of sulfonamides is 1. The van der Waals surface area contributed by atoms with E-state index >= 15 is 0 Å². The quantitative estimate of drug-likeness (QED) is 0.414. The van der Waals surface area contributed by atoms with Gasteiger partial charge in [0.15, 0.2) is 0 Å². The van der Waals surface area contributed by atoms with Crippen LogP contribution in [0.25, 0.3) is 0 Å². The van der Waals surface area contributed by atoms with Gasteiger partial charge in [0, 0.05) is 22.6 Å². The normalized spacial score (nSPS) is 13.0. The third kappa shape index (κ3) is 8.01. The highest BCUT2D eigenvalue weighted by atomic mass is 35.5. The molecule has 11 heteroatoms. The number of rotatable bonds is 12. The highest BCUT2D eigenvalue weighted by molar-refractivity contribution is 7.92. The Balaban J connectivity index is 2.50. The maximum Gasteiger partial charge on any atom is 0.244 e. The third-order valence-corrected chi connectivity index (χ3v) is 7.36. The maximum atomic E-state index is 13.7. The number of amides is 2. The van der Waals surface area contributed by atoms with Crippen molar-refractivity contribution in [1.29, 1.82) is 0 Å². The Morgan fingerprint density at radius 2 is 1.64 bits per heavy atom. The molecule has 2 rings (SSSR count). The van der Waals surface area contributed by atoms with Crippen molar-refractivity contribution in [2.45, 2.75) is 52.2 Å². The molecule has 0 bridgehead atoms. The summed E-state index contributed by atoms with van der Waals surface area (Å²) in [6.07, 6.45) is 2.06. The number of halogens is 2. The molecule has 0 spiro atoms. The summed E-state index contributed by atoms with van der Waals surface area (Å²) in [6.45, 7) is 5.18. The summed E-state index contributed by atoms with van der Waals surface area (Å²) in [7, 11) is -2.52. The van der Waals surface area contributed by atoms with Gasteiger partial charge < -0.3 is 15.0 Å². The van der Waals surface area contributed by atoms with Crippen LogP contribution in [0.4, 0.5) is 5.69 Å². The molecule has 0 aliphatic heterocycles. The lowest BCUT2D eigenvalue weighted by Gasteiger charge is -2.33. The summed E-state index contributed by atoms with van der Waals surface area (Å²) in [6, 6.07) is 10.5. The van der Waals surface area contributed by atoms with E-state index in [9.17, 15) is 18.0 Å². The van der Waals surface area contributed by atoms with E-state index in [4.69, 9.17) is 27.9 Å². The van der Waals surface area contributed by atoms with Crippen LogP contribution < -0.4 is 14.4 Å². The minimum Gasteiger partial charge on any atom is -0.495 e. The van der Waals surface area contributed by atoms with E-state index in [0.29, 0.717) is 11.4 Å². The van der Waals surface area contributed by atoms with Gasteiger partial charge in [-0.1, -0.05) is 49.2 Å². The second-order valence-electron chi connectivity index (χ2n) is 8.48. The molecule has 0 saturated carbocycles. The Labute approximate surface area is 223 Å². The highest BCUT2D eigenvalue weighted by Gasteiger charge is 2.33. The SMILES string of the molecule is CC[C@@H](C)NC(=O)[C@@H](CC)N(Cc1ccc(Cl)cc1)C(=O)CN(c1cc(Cl)ccc1OC)S(C)(=O)=O. The molecule has 0 heterocycles. The molecule has 2 amide bonds. The summed E-state index contributed by atoms with van der Waals surface area (Å²) < 4.78 is 31.8. The van der Waals surface area contributed by atoms with E-state index in [1.807, 2.05) is 13.8 Å². The van der Waals surface area contributed by atoms with Crippen LogP contribution in [-0.4, -0.2) is 57.1 Å². The van der Waals surface area contributed by atoms with Crippen LogP contribution >= 0.6 is 23.2 Å². The Morgan fingerprint density at radius 1 is 1.03 bits per heavy atom. The number of anilines is 1. The van der Waals surface area contributed by atoms with Crippen LogP contribution in [0.15, 0.2) is 42.5 Å². The fourth-order valence-corrected chi connectivity index (χ4v) is 4.74. The van der Waals surface area contributed by atoms with Crippen LogP contribution in [0.5, 0.6) is 5.75 Å². The summed E-state index contributed by atoms with van der Waals surface area (Å²) in [5.41, 5.74) is 0.873. The standard InChI is InChI=1S/C25H33Cl2N3O5S/c1-6-17(3)28-25(32)21(7-2)29(15-18-8-10-19(26)11-9-18)24(31)16-30(36(5,33)34)22-14-20(27)12-13-23(22)35-4/h8-14,17,21H,6-7,15-16H2,1-5H3,(H,28,32)/t17-,21-/m1/s1. The zero-order valence-corrected chi connectivity index (χ0v) is 23.5. The molecule has 198 valence electrons. The summed E-state index contributed by atoms with van der Waals surface area (Å²) in [5.74, 6) is -0.618. The van der Waals surface area contributed by atoms with Gasteiger partial charge in [-0.3, -0.25) is 13.9 Å². The second-order valence-corrected chi connectivity index (χ2v) is 11.3. The Bertz CT molecular complexity index is 1160. The number of carbonyl (C=O) groups excluding carboxylic acids is 2.